The number of para-hydroxylation sites is 1. The van der Waals surface area contributed by atoms with E-state index in [1.165, 1.54) is 6.33 Å². The third kappa shape index (κ3) is 4.22. The first kappa shape index (κ1) is 17.4. The minimum atomic E-state index is -0.147. The number of carbonyl (C=O) groups excluding carboxylic acids is 1. The summed E-state index contributed by atoms with van der Waals surface area (Å²) >= 11 is 0. The van der Waals surface area contributed by atoms with Crippen LogP contribution in [0.2, 0.25) is 0 Å². The van der Waals surface area contributed by atoms with Gasteiger partial charge in [0.05, 0.1) is 5.69 Å². The first-order valence-corrected chi connectivity index (χ1v) is 8.89. The first-order chi connectivity index (χ1) is 13.8. The minimum Gasteiger partial charge on any atom is -0.340 e. The highest BCUT2D eigenvalue weighted by Crippen LogP contribution is 2.21. The molecule has 0 spiro atoms. The SMILES string of the molecule is O=C(Nc1ccccc1)c1ccc(Nc2cc(-c3ccccc3)ncn2)cc1. The van der Waals surface area contributed by atoms with E-state index in [-0.39, 0.29) is 5.91 Å². The number of carbonyl (C=O) groups is 1. The number of amides is 1. The van der Waals surface area contributed by atoms with Crippen molar-refractivity contribution < 1.29 is 4.79 Å². The van der Waals surface area contributed by atoms with Gasteiger partial charge in [0.25, 0.3) is 5.91 Å². The minimum absolute atomic E-state index is 0.147. The molecule has 0 radical (unpaired) electrons. The van der Waals surface area contributed by atoms with E-state index in [0.29, 0.717) is 11.4 Å². The Hall–Kier alpha value is -3.99. The molecule has 0 unspecified atom stereocenters. The maximum absolute atomic E-state index is 12.3. The molecule has 0 saturated heterocycles. The van der Waals surface area contributed by atoms with Crippen LogP contribution in [0.15, 0.2) is 97.3 Å². The molecule has 5 heteroatoms. The van der Waals surface area contributed by atoms with Crippen LogP contribution in [-0.4, -0.2) is 15.9 Å². The lowest BCUT2D eigenvalue weighted by atomic mass is 10.1. The van der Waals surface area contributed by atoms with E-state index < -0.39 is 0 Å². The van der Waals surface area contributed by atoms with E-state index in [4.69, 9.17) is 0 Å². The van der Waals surface area contributed by atoms with Gasteiger partial charge in [-0.3, -0.25) is 4.79 Å². The standard InChI is InChI=1S/C23H18N4O/c28-23(27-19-9-5-2-6-10-19)18-11-13-20(14-12-18)26-22-15-21(24-16-25-22)17-7-3-1-4-8-17/h1-16H,(H,27,28)(H,24,25,26). The van der Waals surface area contributed by atoms with Crippen LogP contribution in [0.4, 0.5) is 17.2 Å². The second-order valence-corrected chi connectivity index (χ2v) is 6.18. The Morgan fingerprint density at radius 1 is 0.714 bits per heavy atom. The Kier molecular flexibility index (Phi) is 5.06. The number of nitrogens with one attached hydrogen (secondary N) is 2. The summed E-state index contributed by atoms with van der Waals surface area (Å²) < 4.78 is 0. The van der Waals surface area contributed by atoms with Crippen molar-refractivity contribution in [3.63, 3.8) is 0 Å². The van der Waals surface area contributed by atoms with Crippen LogP contribution >= 0.6 is 0 Å². The Labute approximate surface area is 163 Å². The van der Waals surface area contributed by atoms with Gasteiger partial charge in [-0.15, -0.1) is 0 Å². The molecule has 3 aromatic carbocycles. The molecule has 4 rings (SSSR count). The summed E-state index contributed by atoms with van der Waals surface area (Å²) in [5.41, 5.74) is 4.07. The number of hydrogen-bond acceptors (Lipinski definition) is 4. The Balaban J connectivity index is 1.46. The van der Waals surface area contributed by atoms with Crippen molar-refractivity contribution in [3.8, 4) is 11.3 Å². The third-order valence-corrected chi connectivity index (χ3v) is 4.19. The van der Waals surface area contributed by atoms with Crippen molar-refractivity contribution >= 4 is 23.1 Å². The molecule has 1 aromatic heterocycles. The van der Waals surface area contributed by atoms with E-state index in [1.807, 2.05) is 78.9 Å². The summed E-state index contributed by atoms with van der Waals surface area (Å²) in [4.78, 5) is 20.9. The van der Waals surface area contributed by atoms with Crippen LogP contribution in [0.1, 0.15) is 10.4 Å². The van der Waals surface area contributed by atoms with E-state index in [1.54, 1.807) is 12.1 Å². The van der Waals surface area contributed by atoms with Gasteiger partial charge in [-0.05, 0) is 36.4 Å². The second-order valence-electron chi connectivity index (χ2n) is 6.18. The van der Waals surface area contributed by atoms with Gasteiger partial charge in [0.1, 0.15) is 12.1 Å². The van der Waals surface area contributed by atoms with E-state index in [0.717, 1.165) is 22.6 Å². The number of anilines is 3. The lowest BCUT2D eigenvalue weighted by Crippen LogP contribution is -2.11. The Morgan fingerprint density at radius 2 is 1.39 bits per heavy atom. The first-order valence-electron chi connectivity index (χ1n) is 8.89. The fourth-order valence-electron chi connectivity index (χ4n) is 2.77. The van der Waals surface area contributed by atoms with Crippen molar-refractivity contribution in [2.24, 2.45) is 0 Å². The zero-order valence-electron chi connectivity index (χ0n) is 15.0. The van der Waals surface area contributed by atoms with Crippen molar-refractivity contribution in [2.45, 2.75) is 0 Å². The van der Waals surface area contributed by atoms with Gasteiger partial charge in [-0.1, -0.05) is 48.5 Å². The molecular weight excluding hydrogens is 348 g/mol. The molecule has 28 heavy (non-hydrogen) atoms. The van der Waals surface area contributed by atoms with Crippen LogP contribution in [0, 0.1) is 0 Å². The maximum atomic E-state index is 12.3. The van der Waals surface area contributed by atoms with E-state index >= 15 is 0 Å². The van der Waals surface area contributed by atoms with Gasteiger partial charge in [0, 0.05) is 28.6 Å². The van der Waals surface area contributed by atoms with Crippen LogP contribution in [0.5, 0.6) is 0 Å². The predicted octanol–water partition coefficient (Wildman–Crippen LogP) is 5.14. The van der Waals surface area contributed by atoms with Crippen molar-refractivity contribution in [3.05, 3.63) is 103 Å². The summed E-state index contributed by atoms with van der Waals surface area (Å²) in [6.07, 6.45) is 1.53. The fourth-order valence-corrected chi connectivity index (χ4v) is 2.77. The molecule has 0 aliphatic heterocycles. The molecule has 0 fully saturated rings. The topological polar surface area (TPSA) is 66.9 Å². The highest BCUT2D eigenvalue weighted by atomic mass is 16.1. The summed E-state index contributed by atoms with van der Waals surface area (Å²) in [5.74, 6) is 0.543. The lowest BCUT2D eigenvalue weighted by molar-refractivity contribution is 0.102. The number of nitrogens with zero attached hydrogens (tertiary/aromatic N) is 2. The van der Waals surface area contributed by atoms with Gasteiger partial charge in [0.15, 0.2) is 0 Å². The van der Waals surface area contributed by atoms with Gasteiger partial charge >= 0.3 is 0 Å². The molecule has 2 N–H and O–H groups in total. The monoisotopic (exact) mass is 366 g/mol. The zero-order valence-corrected chi connectivity index (χ0v) is 15.0. The Morgan fingerprint density at radius 3 is 2.11 bits per heavy atom. The fraction of sp³-hybridized carbons (Fsp3) is 0. The van der Waals surface area contributed by atoms with Crippen LogP contribution in [0.25, 0.3) is 11.3 Å². The quantitative estimate of drug-likeness (QED) is 0.513. The number of benzene rings is 3. The molecule has 0 saturated carbocycles. The predicted molar refractivity (Wildman–Crippen MR) is 112 cm³/mol. The van der Waals surface area contributed by atoms with Gasteiger partial charge < -0.3 is 10.6 Å². The van der Waals surface area contributed by atoms with Crippen molar-refractivity contribution in [1.82, 2.24) is 9.97 Å². The highest BCUT2D eigenvalue weighted by molar-refractivity contribution is 6.04. The molecule has 0 bridgehead atoms. The molecular formula is C23H18N4O. The third-order valence-electron chi connectivity index (χ3n) is 4.19. The van der Waals surface area contributed by atoms with Gasteiger partial charge in [-0.2, -0.15) is 0 Å². The lowest BCUT2D eigenvalue weighted by Gasteiger charge is -2.09. The van der Waals surface area contributed by atoms with Crippen LogP contribution in [0.3, 0.4) is 0 Å². The largest absolute Gasteiger partial charge is 0.340 e. The van der Waals surface area contributed by atoms with Gasteiger partial charge in [-0.25, -0.2) is 9.97 Å². The van der Waals surface area contributed by atoms with Crippen molar-refractivity contribution in [1.29, 1.82) is 0 Å². The van der Waals surface area contributed by atoms with Crippen LogP contribution < -0.4 is 10.6 Å². The van der Waals surface area contributed by atoms with Crippen molar-refractivity contribution in [2.75, 3.05) is 10.6 Å². The maximum Gasteiger partial charge on any atom is 0.255 e. The van der Waals surface area contributed by atoms with E-state index in [9.17, 15) is 4.79 Å². The molecule has 4 aromatic rings. The normalized spacial score (nSPS) is 10.3. The number of hydrogen-bond donors (Lipinski definition) is 2. The molecule has 5 nitrogen and oxygen atoms in total. The molecule has 0 aliphatic rings. The zero-order chi connectivity index (χ0) is 19.2. The Bertz CT molecular complexity index is 1060. The highest BCUT2D eigenvalue weighted by Gasteiger charge is 2.07. The number of aromatic nitrogens is 2. The summed E-state index contributed by atoms with van der Waals surface area (Å²) in [5, 5.41) is 6.12. The average molecular weight is 366 g/mol. The second kappa shape index (κ2) is 8.14. The molecule has 136 valence electrons. The smallest absolute Gasteiger partial charge is 0.255 e. The summed E-state index contributed by atoms with van der Waals surface area (Å²) in [6.45, 7) is 0. The molecule has 0 aliphatic carbocycles. The van der Waals surface area contributed by atoms with Crippen LogP contribution in [-0.2, 0) is 0 Å². The molecule has 0 atom stereocenters. The van der Waals surface area contributed by atoms with E-state index in [2.05, 4.69) is 20.6 Å². The molecule has 1 heterocycles. The van der Waals surface area contributed by atoms with Gasteiger partial charge in [0.2, 0.25) is 0 Å². The summed E-state index contributed by atoms with van der Waals surface area (Å²) in [7, 11) is 0. The molecule has 1 amide bonds. The number of rotatable bonds is 5. The summed E-state index contributed by atoms with van der Waals surface area (Å²) in [6, 6.07) is 28.5. The average Bonchev–Trinajstić information content (AvgIpc) is 2.76.